The number of rotatable bonds is 14. The first-order valence-electron chi connectivity index (χ1n) is 11.0. The highest BCUT2D eigenvalue weighted by atomic mass is 16.4. The molecule has 0 saturated carbocycles. The van der Waals surface area contributed by atoms with Crippen molar-refractivity contribution < 1.29 is 33.9 Å². The molecule has 194 valence electrons. The Morgan fingerprint density at radius 2 is 1.53 bits per heavy atom. The van der Waals surface area contributed by atoms with Crippen LogP contribution in [0.3, 0.4) is 0 Å². The lowest BCUT2D eigenvalue weighted by atomic mass is 10.0. The first kappa shape index (κ1) is 27.8. The topological polar surface area (TPSA) is 253 Å². The highest BCUT2D eigenvalue weighted by Gasteiger charge is 2.31. The summed E-state index contributed by atoms with van der Waals surface area (Å²) >= 11 is 0. The maximum atomic E-state index is 13.1. The first-order chi connectivity index (χ1) is 17.0. The van der Waals surface area contributed by atoms with Crippen molar-refractivity contribution in [3.05, 3.63) is 36.0 Å². The molecule has 1 aromatic heterocycles. The maximum absolute atomic E-state index is 13.1. The normalized spacial score (nSPS) is 13.2. The molecule has 0 bridgehead atoms. The third-order valence-electron chi connectivity index (χ3n) is 5.27. The summed E-state index contributed by atoms with van der Waals surface area (Å²) in [7, 11) is 0. The molecule has 0 aliphatic carbocycles. The summed E-state index contributed by atoms with van der Waals surface area (Å²) in [4.78, 5) is 74.9. The average Bonchev–Trinajstić information content (AvgIpc) is 3.22. The number of carboxylic acid groups (broad SMARTS) is 1. The molecule has 0 aliphatic heterocycles. The zero-order valence-corrected chi connectivity index (χ0v) is 19.3. The van der Waals surface area contributed by atoms with E-state index in [-0.39, 0.29) is 19.3 Å². The highest BCUT2D eigenvalue weighted by molar-refractivity contribution is 5.96. The number of hydrogen-bond donors (Lipinski definition) is 8. The summed E-state index contributed by atoms with van der Waals surface area (Å²) in [6.07, 6.45) is 0.419. The number of hydrogen-bond acceptors (Lipinski definition) is 7. The van der Waals surface area contributed by atoms with Crippen molar-refractivity contribution in [3.63, 3.8) is 0 Å². The van der Waals surface area contributed by atoms with Gasteiger partial charge in [0, 0.05) is 29.9 Å². The van der Waals surface area contributed by atoms with Gasteiger partial charge in [0.15, 0.2) is 0 Å². The van der Waals surface area contributed by atoms with Gasteiger partial charge in [-0.25, -0.2) is 4.79 Å². The van der Waals surface area contributed by atoms with Gasteiger partial charge in [-0.15, -0.1) is 0 Å². The molecule has 2 rings (SSSR count). The second kappa shape index (κ2) is 12.9. The Hall–Kier alpha value is -4.46. The number of para-hydroxylation sites is 1. The molecule has 2 aromatic rings. The summed E-state index contributed by atoms with van der Waals surface area (Å²) in [5, 5.41) is 17.1. The van der Waals surface area contributed by atoms with Crippen molar-refractivity contribution in [1.82, 2.24) is 20.9 Å². The number of fused-ring (bicyclic) bond motifs is 1. The number of aliphatic carboxylic acids is 1. The fourth-order valence-corrected chi connectivity index (χ4v) is 3.48. The molecule has 1 aromatic carbocycles. The minimum Gasteiger partial charge on any atom is -0.480 e. The Kier molecular flexibility index (Phi) is 9.92. The van der Waals surface area contributed by atoms with E-state index in [9.17, 15) is 33.9 Å². The predicted octanol–water partition coefficient (Wildman–Crippen LogP) is -2.65. The molecule has 0 radical (unpaired) electrons. The van der Waals surface area contributed by atoms with Crippen molar-refractivity contribution in [2.24, 2.45) is 17.2 Å². The fourth-order valence-electron chi connectivity index (χ4n) is 3.48. The van der Waals surface area contributed by atoms with E-state index in [1.807, 2.05) is 18.2 Å². The van der Waals surface area contributed by atoms with Crippen molar-refractivity contribution in [1.29, 1.82) is 0 Å². The van der Waals surface area contributed by atoms with Crippen LogP contribution in [0, 0.1) is 0 Å². The number of aromatic nitrogens is 1. The van der Waals surface area contributed by atoms with Gasteiger partial charge in [0.05, 0.1) is 13.0 Å². The molecule has 1 heterocycles. The van der Waals surface area contributed by atoms with Crippen LogP contribution in [-0.4, -0.2) is 70.3 Å². The molecule has 0 spiro atoms. The van der Waals surface area contributed by atoms with Crippen LogP contribution in [0.2, 0.25) is 0 Å². The van der Waals surface area contributed by atoms with Crippen LogP contribution >= 0.6 is 0 Å². The summed E-state index contributed by atoms with van der Waals surface area (Å²) in [6.45, 7) is -0.400. The van der Waals surface area contributed by atoms with Crippen LogP contribution in [0.1, 0.15) is 24.8 Å². The van der Waals surface area contributed by atoms with Gasteiger partial charge in [-0.3, -0.25) is 24.0 Å². The van der Waals surface area contributed by atoms with E-state index in [2.05, 4.69) is 20.9 Å². The van der Waals surface area contributed by atoms with Crippen LogP contribution in [0.15, 0.2) is 30.5 Å². The standard InChI is InChI=1S/C22H29N7O7/c23-9-19(32)27-15(7-11-10-26-13-4-2-1-3-12(11)13)20(33)29-16(8-18(25)31)21(34)28-14(22(35)36)5-6-17(24)30/h1-4,10,14-16,26H,5-9,23H2,(H2,24,30)(H2,25,31)(H,27,32)(H,28,34)(H,29,33)(H,35,36). The van der Waals surface area contributed by atoms with E-state index in [0.717, 1.165) is 10.9 Å². The summed E-state index contributed by atoms with van der Waals surface area (Å²) in [5.74, 6) is -5.64. The Morgan fingerprint density at radius 1 is 0.889 bits per heavy atom. The summed E-state index contributed by atoms with van der Waals surface area (Å²) in [6, 6.07) is 3.04. The third-order valence-corrected chi connectivity index (χ3v) is 5.27. The smallest absolute Gasteiger partial charge is 0.326 e. The fraction of sp³-hybridized carbons (Fsp3) is 0.364. The Bertz CT molecular complexity index is 1150. The van der Waals surface area contributed by atoms with E-state index < -0.39 is 66.6 Å². The molecule has 14 heteroatoms. The number of H-pyrrole nitrogens is 1. The van der Waals surface area contributed by atoms with E-state index in [0.29, 0.717) is 5.56 Å². The van der Waals surface area contributed by atoms with Crippen molar-refractivity contribution in [2.45, 2.75) is 43.8 Å². The number of benzene rings is 1. The van der Waals surface area contributed by atoms with Gasteiger partial charge in [0.1, 0.15) is 18.1 Å². The molecule has 5 amide bonds. The lowest BCUT2D eigenvalue weighted by Crippen LogP contribution is -2.57. The van der Waals surface area contributed by atoms with Crippen molar-refractivity contribution >= 4 is 46.4 Å². The lowest BCUT2D eigenvalue weighted by molar-refractivity contribution is -0.142. The molecular formula is C22H29N7O7. The van der Waals surface area contributed by atoms with E-state index in [4.69, 9.17) is 17.2 Å². The first-order valence-corrected chi connectivity index (χ1v) is 11.0. The molecule has 0 aliphatic rings. The third kappa shape index (κ3) is 8.09. The number of carbonyl (C=O) groups excluding carboxylic acids is 5. The Labute approximate surface area is 205 Å². The number of nitrogens with one attached hydrogen (secondary N) is 4. The second-order valence-electron chi connectivity index (χ2n) is 8.02. The number of carbonyl (C=O) groups is 6. The van der Waals surface area contributed by atoms with Crippen molar-refractivity contribution in [3.8, 4) is 0 Å². The predicted molar refractivity (Wildman–Crippen MR) is 127 cm³/mol. The molecule has 0 saturated heterocycles. The number of amides is 5. The van der Waals surface area contributed by atoms with E-state index >= 15 is 0 Å². The van der Waals surface area contributed by atoms with Crippen LogP contribution < -0.4 is 33.2 Å². The van der Waals surface area contributed by atoms with Gasteiger partial charge in [0.25, 0.3) is 0 Å². The number of aromatic amines is 1. The molecule has 3 atom stereocenters. The quantitative estimate of drug-likeness (QED) is 0.135. The lowest BCUT2D eigenvalue weighted by Gasteiger charge is -2.24. The number of carboxylic acids is 1. The van der Waals surface area contributed by atoms with Crippen LogP contribution in [0.4, 0.5) is 0 Å². The van der Waals surface area contributed by atoms with Gasteiger partial charge >= 0.3 is 5.97 Å². The highest BCUT2D eigenvalue weighted by Crippen LogP contribution is 2.19. The number of primary amides is 2. The SMILES string of the molecule is NCC(=O)NC(Cc1c[nH]c2ccccc12)C(=O)NC(CC(N)=O)C(=O)NC(CCC(N)=O)C(=O)O. The average molecular weight is 504 g/mol. The maximum Gasteiger partial charge on any atom is 0.326 e. The summed E-state index contributed by atoms with van der Waals surface area (Å²) < 4.78 is 0. The molecule has 3 unspecified atom stereocenters. The van der Waals surface area contributed by atoms with Gasteiger partial charge in [-0.2, -0.15) is 0 Å². The van der Waals surface area contributed by atoms with Crippen molar-refractivity contribution in [2.75, 3.05) is 6.54 Å². The van der Waals surface area contributed by atoms with Gasteiger partial charge < -0.3 is 43.2 Å². The minimum atomic E-state index is -1.55. The Balaban J connectivity index is 2.23. The minimum absolute atomic E-state index is 0.0167. The number of nitrogens with two attached hydrogens (primary N) is 3. The zero-order valence-electron chi connectivity index (χ0n) is 19.3. The summed E-state index contributed by atoms with van der Waals surface area (Å²) in [5.41, 5.74) is 17.1. The van der Waals surface area contributed by atoms with Crippen LogP contribution in [0.25, 0.3) is 10.9 Å². The van der Waals surface area contributed by atoms with Crippen LogP contribution in [-0.2, 0) is 35.2 Å². The van der Waals surface area contributed by atoms with Gasteiger partial charge in [-0.1, -0.05) is 18.2 Å². The molecule has 11 N–H and O–H groups in total. The monoisotopic (exact) mass is 503 g/mol. The Morgan fingerprint density at radius 3 is 2.14 bits per heavy atom. The van der Waals surface area contributed by atoms with E-state index in [1.165, 1.54) is 0 Å². The van der Waals surface area contributed by atoms with Gasteiger partial charge in [0.2, 0.25) is 29.5 Å². The molecule has 14 nitrogen and oxygen atoms in total. The van der Waals surface area contributed by atoms with Gasteiger partial charge in [-0.05, 0) is 18.1 Å². The molecular weight excluding hydrogens is 474 g/mol. The molecule has 36 heavy (non-hydrogen) atoms. The zero-order chi connectivity index (χ0) is 26.8. The van der Waals surface area contributed by atoms with E-state index in [1.54, 1.807) is 12.3 Å². The largest absolute Gasteiger partial charge is 0.480 e. The van der Waals surface area contributed by atoms with Crippen LogP contribution in [0.5, 0.6) is 0 Å². The molecule has 0 fully saturated rings. The second-order valence-corrected chi connectivity index (χ2v) is 8.02.